The maximum atomic E-state index is 12.3. The molecule has 0 saturated carbocycles. The topological polar surface area (TPSA) is 50.8 Å². The molecule has 1 fully saturated rings. The summed E-state index contributed by atoms with van der Waals surface area (Å²) in [4.78, 5) is 14.6. The number of carbonyl (C=O) groups is 1. The van der Waals surface area contributed by atoms with Crippen LogP contribution in [0.25, 0.3) is 0 Å². The van der Waals surface area contributed by atoms with Crippen molar-refractivity contribution in [2.45, 2.75) is 19.1 Å². The molecule has 0 bridgehead atoms. The minimum Gasteiger partial charge on any atom is -0.445 e. The second-order valence-electron chi connectivity index (χ2n) is 6.51. The molecule has 0 aromatic heterocycles. The summed E-state index contributed by atoms with van der Waals surface area (Å²) in [6, 6.07) is 19.9. The van der Waals surface area contributed by atoms with Gasteiger partial charge < -0.3 is 14.8 Å². The molecule has 1 aliphatic heterocycles. The van der Waals surface area contributed by atoms with Crippen molar-refractivity contribution in [1.29, 1.82) is 0 Å². The van der Waals surface area contributed by atoms with Gasteiger partial charge in [-0.15, -0.1) is 0 Å². The van der Waals surface area contributed by atoms with E-state index in [0.717, 1.165) is 44.8 Å². The number of rotatable bonds is 7. The van der Waals surface area contributed by atoms with Crippen LogP contribution in [0.2, 0.25) is 0 Å². The standard InChI is InChI=1S/C21H26N2O3/c24-21(26-17-19-9-5-2-6-10-19)22-20(15-18-7-3-1-4-8-18)16-23-11-13-25-14-12-23/h1-10,20H,11-17H2,(H,22,24)/t20-/m1/s1. The zero-order chi connectivity index (χ0) is 18.0. The third-order valence-electron chi connectivity index (χ3n) is 4.44. The summed E-state index contributed by atoms with van der Waals surface area (Å²) < 4.78 is 10.8. The van der Waals surface area contributed by atoms with Gasteiger partial charge in [0.2, 0.25) is 0 Å². The van der Waals surface area contributed by atoms with Gasteiger partial charge >= 0.3 is 6.09 Å². The minimum atomic E-state index is -0.372. The number of nitrogens with one attached hydrogen (secondary N) is 1. The van der Waals surface area contributed by atoms with Crippen molar-refractivity contribution < 1.29 is 14.3 Å². The predicted octanol–water partition coefficient (Wildman–Crippen LogP) is 2.86. The van der Waals surface area contributed by atoms with Crippen molar-refractivity contribution in [3.63, 3.8) is 0 Å². The Morgan fingerprint density at radius 3 is 2.27 bits per heavy atom. The minimum absolute atomic E-state index is 0.00114. The molecule has 2 aromatic rings. The molecule has 1 amide bonds. The van der Waals surface area contributed by atoms with Crippen molar-refractivity contribution >= 4 is 6.09 Å². The highest BCUT2D eigenvalue weighted by Crippen LogP contribution is 2.08. The highest BCUT2D eigenvalue weighted by Gasteiger charge is 2.19. The van der Waals surface area contributed by atoms with Gasteiger partial charge in [-0.2, -0.15) is 0 Å². The summed E-state index contributed by atoms with van der Waals surface area (Å²) in [7, 11) is 0. The molecule has 26 heavy (non-hydrogen) atoms. The summed E-state index contributed by atoms with van der Waals surface area (Å²) >= 11 is 0. The first kappa shape index (κ1) is 18.4. The zero-order valence-electron chi connectivity index (χ0n) is 15.0. The SMILES string of the molecule is O=C(N[C@H](Cc1ccccc1)CN1CCOCC1)OCc1ccccc1. The lowest BCUT2D eigenvalue weighted by Crippen LogP contribution is -2.48. The maximum Gasteiger partial charge on any atom is 0.407 e. The second kappa shape index (κ2) is 9.94. The Kier molecular flexibility index (Phi) is 7.05. The molecule has 1 saturated heterocycles. The van der Waals surface area contributed by atoms with E-state index < -0.39 is 0 Å². The van der Waals surface area contributed by atoms with Gasteiger partial charge in [0.05, 0.1) is 13.2 Å². The van der Waals surface area contributed by atoms with Gasteiger partial charge in [0.25, 0.3) is 0 Å². The fourth-order valence-electron chi connectivity index (χ4n) is 3.09. The summed E-state index contributed by atoms with van der Waals surface area (Å²) in [6.45, 7) is 4.35. The molecule has 0 aliphatic carbocycles. The first-order valence-electron chi connectivity index (χ1n) is 9.11. The Morgan fingerprint density at radius 2 is 1.62 bits per heavy atom. The van der Waals surface area contributed by atoms with E-state index in [-0.39, 0.29) is 18.7 Å². The van der Waals surface area contributed by atoms with E-state index in [4.69, 9.17) is 9.47 Å². The summed E-state index contributed by atoms with van der Waals surface area (Å²) in [5.41, 5.74) is 2.18. The van der Waals surface area contributed by atoms with Crippen molar-refractivity contribution in [2.75, 3.05) is 32.8 Å². The van der Waals surface area contributed by atoms with Crippen LogP contribution in [-0.2, 0) is 22.5 Å². The Labute approximate surface area is 154 Å². The lowest BCUT2D eigenvalue weighted by molar-refractivity contribution is 0.0331. The van der Waals surface area contributed by atoms with Crippen molar-refractivity contribution in [3.05, 3.63) is 71.8 Å². The second-order valence-corrected chi connectivity index (χ2v) is 6.51. The van der Waals surface area contributed by atoms with Crippen LogP contribution >= 0.6 is 0 Å². The third-order valence-corrected chi connectivity index (χ3v) is 4.44. The molecule has 1 heterocycles. The first-order valence-corrected chi connectivity index (χ1v) is 9.11. The van der Waals surface area contributed by atoms with E-state index >= 15 is 0 Å². The average molecular weight is 354 g/mol. The molecule has 1 atom stereocenters. The van der Waals surface area contributed by atoms with Gasteiger partial charge in [0.1, 0.15) is 6.61 Å². The van der Waals surface area contributed by atoms with Crippen molar-refractivity contribution in [3.8, 4) is 0 Å². The Hall–Kier alpha value is -2.37. The number of amides is 1. The van der Waals surface area contributed by atoms with Gasteiger partial charge in [-0.25, -0.2) is 4.79 Å². The van der Waals surface area contributed by atoms with Gasteiger partial charge in [0, 0.05) is 25.7 Å². The molecular formula is C21H26N2O3. The van der Waals surface area contributed by atoms with Crippen molar-refractivity contribution in [1.82, 2.24) is 10.2 Å². The van der Waals surface area contributed by atoms with Crippen LogP contribution in [0.1, 0.15) is 11.1 Å². The van der Waals surface area contributed by atoms with E-state index in [2.05, 4.69) is 22.3 Å². The van der Waals surface area contributed by atoms with E-state index in [9.17, 15) is 4.79 Å². The molecule has 5 heteroatoms. The van der Waals surface area contributed by atoms with Crippen LogP contribution in [0, 0.1) is 0 Å². The van der Waals surface area contributed by atoms with Crippen LogP contribution in [0.3, 0.4) is 0 Å². The Bertz CT molecular complexity index is 657. The summed E-state index contributed by atoms with van der Waals surface area (Å²) in [5.74, 6) is 0. The highest BCUT2D eigenvalue weighted by atomic mass is 16.5. The smallest absolute Gasteiger partial charge is 0.407 e. The molecule has 3 rings (SSSR count). The lowest BCUT2D eigenvalue weighted by Gasteiger charge is -2.30. The predicted molar refractivity (Wildman–Crippen MR) is 101 cm³/mol. The monoisotopic (exact) mass is 354 g/mol. The molecule has 0 radical (unpaired) electrons. The Balaban J connectivity index is 1.55. The van der Waals surface area contributed by atoms with Crippen LogP contribution < -0.4 is 5.32 Å². The van der Waals surface area contributed by atoms with Gasteiger partial charge in [-0.1, -0.05) is 60.7 Å². The molecule has 2 aromatic carbocycles. The van der Waals surface area contributed by atoms with E-state index in [1.54, 1.807) is 0 Å². The number of ether oxygens (including phenoxy) is 2. The molecular weight excluding hydrogens is 328 g/mol. The van der Waals surface area contributed by atoms with Crippen molar-refractivity contribution in [2.24, 2.45) is 0 Å². The van der Waals surface area contributed by atoms with E-state index in [1.807, 2.05) is 48.5 Å². The fraction of sp³-hybridized carbons (Fsp3) is 0.381. The van der Waals surface area contributed by atoms with E-state index in [1.165, 1.54) is 5.56 Å². The molecule has 0 unspecified atom stereocenters. The number of nitrogens with zero attached hydrogens (tertiary/aromatic N) is 1. The summed E-state index contributed by atoms with van der Waals surface area (Å²) in [6.07, 6.45) is 0.404. The van der Waals surface area contributed by atoms with Gasteiger partial charge in [-0.3, -0.25) is 4.90 Å². The third kappa shape index (κ3) is 6.17. The number of carbonyl (C=O) groups excluding carboxylic acids is 1. The average Bonchev–Trinajstić information content (AvgIpc) is 2.69. The lowest BCUT2D eigenvalue weighted by atomic mass is 10.1. The number of morpholine rings is 1. The Morgan fingerprint density at radius 1 is 1.00 bits per heavy atom. The largest absolute Gasteiger partial charge is 0.445 e. The molecule has 0 spiro atoms. The van der Waals surface area contributed by atoms with Crippen LogP contribution in [0.15, 0.2) is 60.7 Å². The molecule has 1 N–H and O–H groups in total. The van der Waals surface area contributed by atoms with Gasteiger partial charge in [0.15, 0.2) is 0 Å². The van der Waals surface area contributed by atoms with Crippen LogP contribution in [0.4, 0.5) is 4.79 Å². The molecule has 138 valence electrons. The highest BCUT2D eigenvalue weighted by molar-refractivity contribution is 5.67. The summed E-state index contributed by atoms with van der Waals surface area (Å²) in [5, 5.41) is 3.04. The fourth-order valence-corrected chi connectivity index (χ4v) is 3.09. The number of benzene rings is 2. The van der Waals surface area contributed by atoms with Gasteiger partial charge in [-0.05, 0) is 17.5 Å². The maximum absolute atomic E-state index is 12.3. The number of hydrogen-bond acceptors (Lipinski definition) is 4. The van der Waals surface area contributed by atoms with E-state index in [0.29, 0.717) is 0 Å². The molecule has 1 aliphatic rings. The van der Waals surface area contributed by atoms with Crippen LogP contribution in [0.5, 0.6) is 0 Å². The first-order chi connectivity index (χ1) is 12.8. The van der Waals surface area contributed by atoms with Crippen LogP contribution in [-0.4, -0.2) is 49.9 Å². The quantitative estimate of drug-likeness (QED) is 0.831. The zero-order valence-corrected chi connectivity index (χ0v) is 15.0. The number of alkyl carbamates (subject to hydrolysis) is 1. The normalized spacial score (nSPS) is 16.0. The number of hydrogen-bond donors (Lipinski definition) is 1. The molecule has 5 nitrogen and oxygen atoms in total.